The Kier molecular flexibility index (Phi) is 4.08. The van der Waals surface area contributed by atoms with E-state index in [0.29, 0.717) is 11.7 Å². The standard InChI is InChI=1S/C19H14BrN3O3/c1-23-14-9-8-12(20)10-13(14)21-17(23)16-15(19(24)25-2)22-18(26-16)11-6-4-3-5-7-11/h3-10H,1-2H3. The molecule has 7 heteroatoms. The number of ether oxygens (including phenoxy) is 1. The molecule has 0 atom stereocenters. The van der Waals surface area contributed by atoms with E-state index in [1.807, 2.05) is 60.1 Å². The summed E-state index contributed by atoms with van der Waals surface area (Å²) in [4.78, 5) is 21.2. The van der Waals surface area contributed by atoms with Gasteiger partial charge >= 0.3 is 5.97 Å². The Balaban J connectivity index is 1.94. The molecule has 130 valence electrons. The summed E-state index contributed by atoms with van der Waals surface area (Å²) in [7, 11) is 3.18. The highest BCUT2D eigenvalue weighted by atomic mass is 79.9. The highest BCUT2D eigenvalue weighted by Crippen LogP contribution is 2.32. The highest BCUT2D eigenvalue weighted by Gasteiger charge is 2.26. The fraction of sp³-hybridized carbons (Fsp3) is 0.105. The lowest BCUT2D eigenvalue weighted by Gasteiger charge is -2.01. The van der Waals surface area contributed by atoms with Gasteiger partial charge in [-0.3, -0.25) is 0 Å². The Hall–Kier alpha value is -2.93. The third kappa shape index (κ3) is 2.70. The van der Waals surface area contributed by atoms with E-state index in [1.54, 1.807) is 0 Å². The summed E-state index contributed by atoms with van der Waals surface area (Å²) in [5, 5.41) is 0. The van der Waals surface area contributed by atoms with Crippen LogP contribution in [0.5, 0.6) is 0 Å². The molecule has 2 aromatic heterocycles. The molecule has 0 fully saturated rings. The first-order valence-electron chi connectivity index (χ1n) is 7.85. The van der Waals surface area contributed by atoms with Crippen LogP contribution in [-0.4, -0.2) is 27.6 Å². The fourth-order valence-electron chi connectivity index (χ4n) is 2.79. The summed E-state index contributed by atoms with van der Waals surface area (Å²) in [6.45, 7) is 0. The van der Waals surface area contributed by atoms with E-state index in [9.17, 15) is 4.79 Å². The van der Waals surface area contributed by atoms with Crippen LogP contribution in [0.4, 0.5) is 0 Å². The molecule has 4 aromatic rings. The molecule has 2 aromatic carbocycles. The Labute approximate surface area is 157 Å². The Morgan fingerprint density at radius 1 is 1.15 bits per heavy atom. The van der Waals surface area contributed by atoms with E-state index < -0.39 is 5.97 Å². The first kappa shape index (κ1) is 16.5. The van der Waals surface area contributed by atoms with Gasteiger partial charge in [-0.1, -0.05) is 34.1 Å². The number of aryl methyl sites for hydroxylation is 1. The van der Waals surface area contributed by atoms with Gasteiger partial charge in [0.15, 0.2) is 11.5 Å². The quantitative estimate of drug-likeness (QED) is 0.465. The third-order valence-corrected chi connectivity index (χ3v) is 4.57. The maximum absolute atomic E-state index is 12.2. The van der Waals surface area contributed by atoms with Gasteiger partial charge in [0.25, 0.3) is 0 Å². The molecule has 26 heavy (non-hydrogen) atoms. The zero-order chi connectivity index (χ0) is 18.3. The number of hydrogen-bond donors (Lipinski definition) is 0. The van der Waals surface area contributed by atoms with Gasteiger partial charge in [-0.25, -0.2) is 14.8 Å². The van der Waals surface area contributed by atoms with Crippen LogP contribution in [0.25, 0.3) is 34.1 Å². The number of carbonyl (C=O) groups excluding carboxylic acids is 1. The minimum Gasteiger partial charge on any atom is -0.464 e. The van der Waals surface area contributed by atoms with Gasteiger partial charge < -0.3 is 13.7 Å². The van der Waals surface area contributed by atoms with Crippen molar-refractivity contribution in [3.63, 3.8) is 0 Å². The monoisotopic (exact) mass is 411 g/mol. The number of carbonyl (C=O) groups is 1. The van der Waals surface area contributed by atoms with E-state index in [0.717, 1.165) is 21.1 Å². The molecule has 2 heterocycles. The maximum Gasteiger partial charge on any atom is 0.360 e. The molecule has 0 aliphatic rings. The molecule has 0 unspecified atom stereocenters. The van der Waals surface area contributed by atoms with Crippen LogP contribution in [0.15, 0.2) is 57.4 Å². The number of methoxy groups -OCH3 is 1. The SMILES string of the molecule is COC(=O)c1nc(-c2ccccc2)oc1-c1nc2cc(Br)ccc2n1C. The number of aromatic nitrogens is 3. The largest absolute Gasteiger partial charge is 0.464 e. The lowest BCUT2D eigenvalue weighted by atomic mass is 10.2. The summed E-state index contributed by atoms with van der Waals surface area (Å²) in [6.07, 6.45) is 0. The number of nitrogens with zero attached hydrogens (tertiary/aromatic N) is 3. The van der Waals surface area contributed by atoms with Crippen molar-refractivity contribution in [1.29, 1.82) is 0 Å². The van der Waals surface area contributed by atoms with Gasteiger partial charge in [0.2, 0.25) is 11.7 Å². The summed E-state index contributed by atoms with van der Waals surface area (Å²) in [5.74, 6) is 0.562. The molecule has 6 nitrogen and oxygen atoms in total. The van der Waals surface area contributed by atoms with Crippen LogP contribution in [0.1, 0.15) is 10.5 Å². The number of oxazole rings is 1. The van der Waals surface area contributed by atoms with Crippen molar-refractivity contribution in [3.05, 3.63) is 58.7 Å². The van der Waals surface area contributed by atoms with Crippen molar-refractivity contribution in [2.75, 3.05) is 7.11 Å². The summed E-state index contributed by atoms with van der Waals surface area (Å²) in [5.41, 5.74) is 2.57. The molecular weight excluding hydrogens is 398 g/mol. The molecular formula is C19H14BrN3O3. The predicted octanol–water partition coefficient (Wildman–Crippen LogP) is 4.44. The predicted molar refractivity (Wildman–Crippen MR) is 101 cm³/mol. The summed E-state index contributed by atoms with van der Waals surface area (Å²) in [6, 6.07) is 15.2. The Morgan fingerprint density at radius 3 is 2.65 bits per heavy atom. The molecule has 0 radical (unpaired) electrons. The molecule has 0 spiro atoms. The third-order valence-electron chi connectivity index (χ3n) is 4.07. The van der Waals surface area contributed by atoms with Crippen LogP contribution in [0.3, 0.4) is 0 Å². The Morgan fingerprint density at radius 2 is 1.92 bits per heavy atom. The minimum atomic E-state index is -0.570. The lowest BCUT2D eigenvalue weighted by Crippen LogP contribution is -2.05. The van der Waals surface area contributed by atoms with Crippen molar-refractivity contribution in [2.45, 2.75) is 0 Å². The number of esters is 1. The average Bonchev–Trinajstić information content (AvgIpc) is 3.23. The first-order valence-corrected chi connectivity index (χ1v) is 8.64. The maximum atomic E-state index is 12.2. The molecule has 4 rings (SSSR count). The van der Waals surface area contributed by atoms with Crippen LogP contribution >= 0.6 is 15.9 Å². The topological polar surface area (TPSA) is 70.2 Å². The van der Waals surface area contributed by atoms with Crippen molar-refractivity contribution >= 4 is 32.9 Å². The second-order valence-corrected chi connectivity index (χ2v) is 6.60. The highest BCUT2D eigenvalue weighted by molar-refractivity contribution is 9.10. The lowest BCUT2D eigenvalue weighted by molar-refractivity contribution is 0.0595. The van der Waals surface area contributed by atoms with Gasteiger partial charge in [-0.05, 0) is 30.3 Å². The molecule has 0 saturated carbocycles. The second kappa shape index (κ2) is 6.42. The molecule has 0 amide bonds. The van der Waals surface area contributed by atoms with Gasteiger partial charge in [0, 0.05) is 17.1 Å². The normalized spacial score (nSPS) is 11.0. The van der Waals surface area contributed by atoms with E-state index in [4.69, 9.17) is 9.15 Å². The number of halogens is 1. The van der Waals surface area contributed by atoms with Gasteiger partial charge in [0.05, 0.1) is 18.1 Å². The molecule has 0 aliphatic heterocycles. The molecule has 0 bridgehead atoms. The van der Waals surface area contributed by atoms with Crippen molar-refractivity contribution < 1.29 is 13.9 Å². The van der Waals surface area contributed by atoms with Gasteiger partial charge in [-0.2, -0.15) is 0 Å². The molecule has 0 saturated heterocycles. The van der Waals surface area contributed by atoms with Crippen LogP contribution in [0.2, 0.25) is 0 Å². The number of fused-ring (bicyclic) bond motifs is 1. The smallest absolute Gasteiger partial charge is 0.360 e. The first-order chi connectivity index (χ1) is 12.6. The second-order valence-electron chi connectivity index (χ2n) is 5.68. The van der Waals surface area contributed by atoms with Crippen molar-refractivity contribution in [3.8, 4) is 23.0 Å². The zero-order valence-corrected chi connectivity index (χ0v) is 15.6. The van der Waals surface area contributed by atoms with E-state index in [1.165, 1.54) is 7.11 Å². The number of imidazole rings is 1. The average molecular weight is 412 g/mol. The number of rotatable bonds is 3. The molecule has 0 aliphatic carbocycles. The minimum absolute atomic E-state index is 0.101. The number of benzene rings is 2. The van der Waals surface area contributed by atoms with Crippen LogP contribution in [0, 0.1) is 0 Å². The Bertz CT molecular complexity index is 1120. The number of hydrogen-bond acceptors (Lipinski definition) is 5. The molecule has 0 N–H and O–H groups in total. The van der Waals surface area contributed by atoms with E-state index in [-0.39, 0.29) is 11.5 Å². The van der Waals surface area contributed by atoms with Gasteiger partial charge in [0.1, 0.15) is 0 Å². The summed E-state index contributed by atoms with van der Waals surface area (Å²) < 4.78 is 13.6. The van der Waals surface area contributed by atoms with E-state index in [2.05, 4.69) is 25.9 Å². The van der Waals surface area contributed by atoms with Crippen molar-refractivity contribution in [2.24, 2.45) is 7.05 Å². The van der Waals surface area contributed by atoms with Crippen LogP contribution < -0.4 is 0 Å². The fourth-order valence-corrected chi connectivity index (χ4v) is 3.14. The summed E-state index contributed by atoms with van der Waals surface area (Å²) >= 11 is 3.45. The zero-order valence-electron chi connectivity index (χ0n) is 14.1. The van der Waals surface area contributed by atoms with Crippen LogP contribution in [-0.2, 0) is 11.8 Å². The van der Waals surface area contributed by atoms with Gasteiger partial charge in [-0.15, -0.1) is 0 Å². The van der Waals surface area contributed by atoms with E-state index >= 15 is 0 Å². The van der Waals surface area contributed by atoms with Crippen molar-refractivity contribution in [1.82, 2.24) is 14.5 Å².